The Morgan fingerprint density at radius 2 is 1.74 bits per heavy atom. The minimum atomic E-state index is -1.69. The van der Waals surface area contributed by atoms with Gasteiger partial charge in [-0.05, 0) is 73.2 Å². The molecule has 0 amide bonds. The van der Waals surface area contributed by atoms with Gasteiger partial charge in [-0.25, -0.2) is 4.57 Å². The second kappa shape index (κ2) is 10.8. The maximum absolute atomic E-state index is 6.85. The first-order chi connectivity index (χ1) is 24.0. The lowest BCUT2D eigenvalue weighted by Gasteiger charge is -2.34. The molecule has 2 aliphatic heterocycles. The molecule has 4 aromatic heterocycles. The summed E-state index contributed by atoms with van der Waals surface area (Å²) in [5.74, 6) is 1.79. The number of rotatable bonds is 5. The molecule has 0 saturated carbocycles. The molecule has 3 unspecified atom stereocenters. The highest BCUT2D eigenvalue weighted by atomic mass is 28.3. The molecular formula is C44H46N4OSi+2. The average Bonchev–Trinajstić information content (AvgIpc) is 3.71. The second-order valence-corrected chi connectivity index (χ2v) is 21.2. The third-order valence-corrected chi connectivity index (χ3v) is 13.4. The van der Waals surface area contributed by atoms with Crippen LogP contribution in [-0.4, -0.2) is 17.6 Å². The number of pyridine rings is 2. The Kier molecular flexibility index (Phi) is 6.76. The largest absolute Gasteiger partial charge is 0.455 e. The van der Waals surface area contributed by atoms with Gasteiger partial charge in [0.25, 0.3) is 0 Å². The van der Waals surface area contributed by atoms with E-state index in [-0.39, 0.29) is 18.0 Å². The van der Waals surface area contributed by atoms with Crippen molar-refractivity contribution in [1.82, 2.24) is 9.55 Å². The summed E-state index contributed by atoms with van der Waals surface area (Å²) in [5.41, 5.74) is 14.2. The minimum absolute atomic E-state index is 0.0196. The molecule has 0 N–H and O–H groups in total. The fourth-order valence-corrected chi connectivity index (χ4v) is 11.0. The van der Waals surface area contributed by atoms with Crippen LogP contribution in [-0.2, 0) is 13.5 Å². The molecule has 0 radical (unpaired) electrons. The van der Waals surface area contributed by atoms with Crippen LogP contribution >= 0.6 is 0 Å². The molecule has 9 rings (SSSR count). The van der Waals surface area contributed by atoms with Gasteiger partial charge in [0.05, 0.1) is 32.2 Å². The summed E-state index contributed by atoms with van der Waals surface area (Å²) in [4.78, 5) is 5.26. The van der Waals surface area contributed by atoms with Crippen molar-refractivity contribution >= 4 is 46.4 Å². The van der Waals surface area contributed by atoms with Crippen LogP contribution in [0.1, 0.15) is 59.8 Å². The smallest absolute Gasteiger partial charge is 0.302 e. The van der Waals surface area contributed by atoms with Gasteiger partial charge in [-0.3, -0.25) is 4.57 Å². The third-order valence-electron chi connectivity index (χ3n) is 11.3. The Bertz CT molecular complexity index is 2560. The van der Waals surface area contributed by atoms with Gasteiger partial charge in [0.15, 0.2) is 17.8 Å². The number of benzene rings is 3. The molecule has 6 heteroatoms. The van der Waals surface area contributed by atoms with E-state index in [1.807, 2.05) is 0 Å². The molecule has 0 aliphatic carbocycles. The summed E-state index contributed by atoms with van der Waals surface area (Å²) in [6, 6.07) is 26.9. The highest BCUT2D eigenvalue weighted by Gasteiger charge is 2.52. The van der Waals surface area contributed by atoms with Crippen LogP contribution in [0.15, 0.2) is 96.1 Å². The zero-order valence-corrected chi connectivity index (χ0v) is 31.5. The Morgan fingerprint density at radius 3 is 2.50 bits per heavy atom. The fourth-order valence-electron chi connectivity index (χ4n) is 9.33. The zero-order valence-electron chi connectivity index (χ0n) is 30.5. The first-order valence-corrected chi connectivity index (χ1v) is 21.6. The SMILES string of the molecule is C=CC1C(C2c3cc(C)c4c(oc5ccccc54)c3-c3n(C)c4ccc(C)nc4[n+]32)c2ccccc2-c2cc(CC(C)C)c([Si](C)(C)C)c[n+]21. The number of furan rings is 1. The molecule has 2 aliphatic rings. The van der Waals surface area contributed by atoms with E-state index in [2.05, 4.69) is 160 Å². The quantitative estimate of drug-likeness (QED) is 0.104. The van der Waals surface area contributed by atoms with E-state index in [9.17, 15) is 0 Å². The lowest BCUT2D eigenvalue weighted by Crippen LogP contribution is -2.56. The molecule has 3 aromatic carbocycles. The van der Waals surface area contributed by atoms with Crippen LogP contribution in [0.2, 0.25) is 19.6 Å². The van der Waals surface area contributed by atoms with Crippen LogP contribution in [0, 0.1) is 19.8 Å². The molecule has 5 nitrogen and oxygen atoms in total. The highest BCUT2D eigenvalue weighted by Crippen LogP contribution is 2.53. The molecule has 7 aromatic rings. The van der Waals surface area contributed by atoms with Crippen LogP contribution in [0.25, 0.3) is 55.7 Å². The van der Waals surface area contributed by atoms with Gasteiger partial charge in [0.2, 0.25) is 11.5 Å². The molecule has 50 heavy (non-hydrogen) atoms. The average molecular weight is 675 g/mol. The van der Waals surface area contributed by atoms with E-state index in [4.69, 9.17) is 9.40 Å². The Balaban J connectivity index is 1.39. The van der Waals surface area contributed by atoms with Crippen LogP contribution in [0.3, 0.4) is 0 Å². The topological polar surface area (TPSA) is 38.7 Å². The number of allylic oxidation sites excluding steroid dienone is 1. The molecule has 6 heterocycles. The van der Waals surface area contributed by atoms with Crippen molar-refractivity contribution in [2.45, 2.75) is 71.8 Å². The molecule has 0 spiro atoms. The first-order valence-electron chi connectivity index (χ1n) is 18.1. The van der Waals surface area contributed by atoms with Crippen molar-refractivity contribution in [3.8, 4) is 22.6 Å². The minimum Gasteiger partial charge on any atom is -0.455 e. The van der Waals surface area contributed by atoms with E-state index in [0.29, 0.717) is 5.92 Å². The molecular weight excluding hydrogens is 629 g/mol. The Morgan fingerprint density at radius 1 is 0.980 bits per heavy atom. The summed E-state index contributed by atoms with van der Waals surface area (Å²) in [6.07, 6.45) is 5.81. The number of nitrogens with zero attached hydrogens (tertiary/aromatic N) is 4. The lowest BCUT2D eigenvalue weighted by molar-refractivity contribution is -0.730. The maximum atomic E-state index is 6.85. The van der Waals surface area contributed by atoms with E-state index in [1.165, 1.54) is 44.5 Å². The standard InChI is InChI=1S/C44H46N4OSi/c1-10-33-39(30-16-12-11-15-29(30)35-23-28(21-25(2)3)37(24-47(33)35)50(7,8)9)41-32-22-26(4)38-31-17-13-14-18-36(31)49-42(38)40(32)44-46(6)34-20-19-27(5)45-43(34)48(41)44/h10-20,22-25,33,39,41H,1,21H2,2-9H3/q+2. The number of imidazole rings is 1. The fraction of sp³-hybridized carbons (Fsp3) is 0.295. The normalized spacial score (nSPS) is 18.1. The molecule has 0 saturated heterocycles. The highest BCUT2D eigenvalue weighted by molar-refractivity contribution is 6.89. The third kappa shape index (κ3) is 4.27. The predicted octanol–water partition coefficient (Wildman–Crippen LogP) is 9.17. The van der Waals surface area contributed by atoms with Crippen molar-refractivity contribution in [3.05, 3.63) is 120 Å². The van der Waals surface area contributed by atoms with Crippen LogP contribution in [0.4, 0.5) is 0 Å². The van der Waals surface area contributed by atoms with Gasteiger partial charge in [0.1, 0.15) is 22.9 Å². The van der Waals surface area contributed by atoms with Crippen molar-refractivity contribution in [2.75, 3.05) is 0 Å². The van der Waals surface area contributed by atoms with E-state index in [0.717, 1.165) is 45.7 Å². The van der Waals surface area contributed by atoms with E-state index in [1.54, 1.807) is 5.19 Å². The monoisotopic (exact) mass is 674 g/mol. The van der Waals surface area contributed by atoms with Gasteiger partial charge in [-0.2, -0.15) is 4.57 Å². The number of aryl methyl sites for hydroxylation is 3. The summed E-state index contributed by atoms with van der Waals surface area (Å²) in [7, 11) is 0.500. The zero-order chi connectivity index (χ0) is 34.8. The molecule has 0 bridgehead atoms. The Labute approximate surface area is 295 Å². The predicted molar refractivity (Wildman–Crippen MR) is 207 cm³/mol. The van der Waals surface area contributed by atoms with Crippen molar-refractivity contribution in [3.63, 3.8) is 0 Å². The van der Waals surface area contributed by atoms with Crippen molar-refractivity contribution in [2.24, 2.45) is 13.0 Å². The van der Waals surface area contributed by atoms with Gasteiger partial charge in [0, 0.05) is 27.6 Å². The first kappa shape index (κ1) is 31.2. The van der Waals surface area contributed by atoms with Crippen molar-refractivity contribution in [1.29, 1.82) is 0 Å². The molecule has 0 fully saturated rings. The molecule has 3 atom stereocenters. The number of hydrogen-bond donors (Lipinski definition) is 0. The lowest BCUT2D eigenvalue weighted by atomic mass is 9.75. The Hall–Kier alpha value is -4.81. The summed E-state index contributed by atoms with van der Waals surface area (Å²) < 4.78 is 14.3. The number of fused-ring (bicyclic) bond motifs is 12. The van der Waals surface area contributed by atoms with E-state index >= 15 is 0 Å². The second-order valence-electron chi connectivity index (χ2n) is 16.1. The van der Waals surface area contributed by atoms with E-state index < -0.39 is 8.07 Å². The number of para-hydroxylation sites is 1. The number of hydrogen-bond acceptors (Lipinski definition) is 2. The summed E-state index contributed by atoms with van der Waals surface area (Å²) >= 11 is 0. The number of aromatic nitrogens is 4. The van der Waals surface area contributed by atoms with Gasteiger partial charge >= 0.3 is 5.65 Å². The van der Waals surface area contributed by atoms with Gasteiger partial charge < -0.3 is 4.42 Å². The molecule has 250 valence electrons. The van der Waals surface area contributed by atoms with Gasteiger partial charge in [-0.1, -0.05) is 82.5 Å². The van der Waals surface area contributed by atoms with Crippen LogP contribution < -0.4 is 14.3 Å². The summed E-state index contributed by atoms with van der Waals surface area (Å²) in [6.45, 7) is 21.0. The van der Waals surface area contributed by atoms with Gasteiger partial charge in [-0.15, -0.1) is 4.98 Å². The van der Waals surface area contributed by atoms with Crippen LogP contribution in [0.5, 0.6) is 0 Å². The maximum Gasteiger partial charge on any atom is 0.302 e. The van der Waals surface area contributed by atoms with Crippen molar-refractivity contribution < 1.29 is 13.6 Å². The summed E-state index contributed by atoms with van der Waals surface area (Å²) in [5, 5.41) is 3.91.